The molecule has 1 fully saturated rings. The summed E-state index contributed by atoms with van der Waals surface area (Å²) >= 11 is 3.79. The van der Waals surface area contributed by atoms with Gasteiger partial charge in [0.15, 0.2) is 5.13 Å². The summed E-state index contributed by atoms with van der Waals surface area (Å²) in [5.74, 6) is 1.19. The number of hydrogen-bond donors (Lipinski definition) is 1. The third-order valence-electron chi connectivity index (χ3n) is 3.10. The van der Waals surface area contributed by atoms with Crippen molar-refractivity contribution < 1.29 is 4.74 Å². The molecule has 1 aromatic heterocycles. The Bertz CT molecular complexity index is 383. The summed E-state index contributed by atoms with van der Waals surface area (Å²) in [6.45, 7) is 5.56. The lowest BCUT2D eigenvalue weighted by Gasteiger charge is -2.31. The molecule has 2 N–H and O–H groups in total. The number of thioether (sulfide) groups is 1. The normalized spacial score (nSPS) is 20.4. The van der Waals surface area contributed by atoms with Gasteiger partial charge in [0.05, 0.1) is 12.3 Å². The third kappa shape index (κ3) is 3.17. The Morgan fingerprint density at radius 1 is 1.56 bits per heavy atom. The molecule has 0 bridgehead atoms. The van der Waals surface area contributed by atoms with Crippen LogP contribution in [0.1, 0.15) is 23.9 Å². The van der Waals surface area contributed by atoms with E-state index in [1.54, 1.807) is 18.4 Å². The maximum Gasteiger partial charge on any atom is 0.185 e. The Kier molecular flexibility index (Phi) is 5.29. The number of anilines is 1. The Morgan fingerprint density at radius 3 is 3.06 bits per heavy atom. The average Bonchev–Trinajstić information content (AvgIpc) is 2.82. The van der Waals surface area contributed by atoms with E-state index in [-0.39, 0.29) is 0 Å². The molecule has 102 valence electrons. The Labute approximate surface area is 117 Å². The molecule has 1 atom stereocenters. The molecule has 0 spiro atoms. The lowest BCUT2D eigenvalue weighted by atomic mass is 10.3. The first kappa shape index (κ1) is 14.1. The molecule has 6 heteroatoms. The molecule has 18 heavy (non-hydrogen) atoms. The van der Waals surface area contributed by atoms with Gasteiger partial charge in [-0.05, 0) is 6.42 Å². The van der Waals surface area contributed by atoms with E-state index in [2.05, 4.69) is 23.6 Å². The van der Waals surface area contributed by atoms with Crippen LogP contribution in [0, 0.1) is 0 Å². The topological polar surface area (TPSA) is 51.4 Å². The number of nitrogens with two attached hydrogens (primary N) is 1. The van der Waals surface area contributed by atoms with Gasteiger partial charge in [-0.1, -0.05) is 6.92 Å². The lowest BCUT2D eigenvalue weighted by molar-refractivity contribution is 0.181. The average molecular weight is 287 g/mol. The maximum absolute atomic E-state index is 5.77. The molecular formula is C12H21N3OS2. The zero-order valence-corrected chi connectivity index (χ0v) is 12.6. The van der Waals surface area contributed by atoms with Gasteiger partial charge < -0.3 is 15.4 Å². The van der Waals surface area contributed by atoms with E-state index >= 15 is 0 Å². The fraction of sp³-hybridized carbons (Fsp3) is 0.750. The molecule has 1 saturated heterocycles. The molecule has 1 aliphatic rings. The second-order valence-corrected chi connectivity index (χ2v) is 6.82. The van der Waals surface area contributed by atoms with Crippen molar-refractivity contribution in [2.75, 3.05) is 30.9 Å². The zero-order chi connectivity index (χ0) is 13.0. The minimum atomic E-state index is 0.552. The summed E-state index contributed by atoms with van der Waals surface area (Å²) in [7, 11) is 1.70. The highest BCUT2D eigenvalue weighted by molar-refractivity contribution is 8.00. The van der Waals surface area contributed by atoms with Gasteiger partial charge in [-0.2, -0.15) is 11.8 Å². The van der Waals surface area contributed by atoms with Crippen molar-refractivity contribution in [1.82, 2.24) is 4.98 Å². The Balaban J connectivity index is 2.12. The predicted molar refractivity (Wildman–Crippen MR) is 79.5 cm³/mol. The van der Waals surface area contributed by atoms with Crippen LogP contribution in [0.15, 0.2) is 0 Å². The van der Waals surface area contributed by atoms with Crippen LogP contribution in [0.4, 0.5) is 5.13 Å². The van der Waals surface area contributed by atoms with Gasteiger partial charge in [0.25, 0.3) is 0 Å². The molecule has 0 radical (unpaired) electrons. The van der Waals surface area contributed by atoms with Crippen molar-refractivity contribution in [3.63, 3.8) is 0 Å². The molecule has 1 aromatic rings. The van der Waals surface area contributed by atoms with Gasteiger partial charge in [0.2, 0.25) is 0 Å². The summed E-state index contributed by atoms with van der Waals surface area (Å²) in [4.78, 5) is 8.24. The molecule has 0 amide bonds. The number of ether oxygens (including phenoxy) is 1. The van der Waals surface area contributed by atoms with Crippen molar-refractivity contribution in [1.29, 1.82) is 0 Å². The number of hydrogen-bond acceptors (Lipinski definition) is 6. The quantitative estimate of drug-likeness (QED) is 0.898. The van der Waals surface area contributed by atoms with Crippen LogP contribution in [0.25, 0.3) is 0 Å². The lowest BCUT2D eigenvalue weighted by Crippen LogP contribution is -2.37. The molecule has 0 aliphatic carbocycles. The number of nitrogens with zero attached hydrogens (tertiary/aromatic N) is 2. The first-order valence-corrected chi connectivity index (χ1v) is 8.19. The van der Waals surface area contributed by atoms with E-state index in [9.17, 15) is 0 Å². The SMILES string of the molecule is CCC1CN(c2nc(COC)c(CN)s2)CCS1. The van der Waals surface area contributed by atoms with E-state index in [4.69, 9.17) is 15.5 Å². The fourth-order valence-corrected chi connectivity index (χ4v) is 4.21. The molecular weight excluding hydrogens is 266 g/mol. The van der Waals surface area contributed by atoms with Crippen LogP contribution < -0.4 is 10.6 Å². The van der Waals surface area contributed by atoms with Crippen LogP contribution in [0.5, 0.6) is 0 Å². The van der Waals surface area contributed by atoms with Crippen molar-refractivity contribution in [3.05, 3.63) is 10.6 Å². The Hall–Kier alpha value is -0.300. The van der Waals surface area contributed by atoms with Crippen molar-refractivity contribution in [3.8, 4) is 0 Å². The minimum Gasteiger partial charge on any atom is -0.378 e. The largest absolute Gasteiger partial charge is 0.378 e. The second-order valence-electron chi connectivity index (χ2n) is 4.35. The second kappa shape index (κ2) is 6.75. The van der Waals surface area contributed by atoms with Gasteiger partial charge in [-0.25, -0.2) is 4.98 Å². The van der Waals surface area contributed by atoms with E-state index in [1.807, 2.05) is 0 Å². The van der Waals surface area contributed by atoms with E-state index in [0.29, 0.717) is 13.2 Å². The van der Waals surface area contributed by atoms with Gasteiger partial charge in [-0.3, -0.25) is 0 Å². The molecule has 1 unspecified atom stereocenters. The number of thiazole rings is 1. The van der Waals surface area contributed by atoms with Crippen LogP contribution in [0.2, 0.25) is 0 Å². The monoisotopic (exact) mass is 287 g/mol. The van der Waals surface area contributed by atoms with Gasteiger partial charge in [0.1, 0.15) is 0 Å². The van der Waals surface area contributed by atoms with Crippen LogP contribution in [-0.2, 0) is 17.9 Å². The standard InChI is InChI=1S/C12H21N3OS2/c1-3-9-7-15(4-5-17-9)12-14-10(8-16-2)11(6-13)18-12/h9H,3-8,13H2,1-2H3. The molecule has 2 rings (SSSR count). The summed E-state index contributed by atoms with van der Waals surface area (Å²) in [5.41, 5.74) is 6.78. The number of aromatic nitrogens is 1. The summed E-state index contributed by atoms with van der Waals surface area (Å²) in [5, 5.41) is 1.84. The summed E-state index contributed by atoms with van der Waals surface area (Å²) in [6, 6.07) is 0. The molecule has 0 aromatic carbocycles. The summed E-state index contributed by atoms with van der Waals surface area (Å²) in [6.07, 6.45) is 1.22. The maximum atomic E-state index is 5.77. The molecule has 2 heterocycles. The fourth-order valence-electron chi connectivity index (χ4n) is 2.05. The molecule has 1 aliphatic heterocycles. The first-order valence-electron chi connectivity index (χ1n) is 6.32. The highest BCUT2D eigenvalue weighted by atomic mass is 32.2. The van der Waals surface area contributed by atoms with E-state index in [0.717, 1.165) is 34.0 Å². The molecule has 4 nitrogen and oxygen atoms in total. The first-order chi connectivity index (χ1) is 8.78. The van der Waals surface area contributed by atoms with Gasteiger partial charge >= 0.3 is 0 Å². The van der Waals surface area contributed by atoms with Crippen LogP contribution in [0.3, 0.4) is 0 Å². The van der Waals surface area contributed by atoms with Crippen molar-refractivity contribution in [2.24, 2.45) is 5.73 Å². The minimum absolute atomic E-state index is 0.552. The number of methoxy groups -OCH3 is 1. The smallest absolute Gasteiger partial charge is 0.185 e. The highest BCUT2D eigenvalue weighted by Crippen LogP contribution is 2.31. The van der Waals surface area contributed by atoms with E-state index in [1.165, 1.54) is 12.2 Å². The van der Waals surface area contributed by atoms with Crippen LogP contribution in [-0.4, -0.2) is 36.2 Å². The molecule has 0 saturated carbocycles. The van der Waals surface area contributed by atoms with Crippen molar-refractivity contribution >= 4 is 28.2 Å². The highest BCUT2D eigenvalue weighted by Gasteiger charge is 2.22. The third-order valence-corrected chi connectivity index (χ3v) is 5.65. The zero-order valence-electron chi connectivity index (χ0n) is 11.0. The van der Waals surface area contributed by atoms with Gasteiger partial charge in [-0.15, -0.1) is 11.3 Å². The van der Waals surface area contributed by atoms with E-state index < -0.39 is 0 Å². The van der Waals surface area contributed by atoms with Crippen molar-refractivity contribution in [2.45, 2.75) is 31.7 Å². The van der Waals surface area contributed by atoms with Crippen LogP contribution >= 0.6 is 23.1 Å². The summed E-state index contributed by atoms with van der Waals surface area (Å²) < 4.78 is 5.18. The van der Waals surface area contributed by atoms with Gasteiger partial charge in [0, 0.05) is 42.6 Å². The number of rotatable bonds is 5. The Morgan fingerprint density at radius 2 is 2.39 bits per heavy atom. The predicted octanol–water partition coefficient (Wildman–Crippen LogP) is 2.08.